The van der Waals surface area contributed by atoms with Crippen LogP contribution in [0.25, 0.3) is 22.2 Å². The summed E-state index contributed by atoms with van der Waals surface area (Å²) in [6, 6.07) is 21.6. The standard InChI is InChI=1S/C25H24N2O2S/c1-17-8-11-20(12-9-17)30(28,29)26(3)23-13-10-18(2)25-21(23)14-15-27-22-7-5-4-6-19(22)16-24(25)27/h4-13,16H,14-15H2,1-3H3. The monoisotopic (exact) mass is 416 g/mol. The normalized spacial score (nSPS) is 13.2. The van der Waals surface area contributed by atoms with Gasteiger partial charge < -0.3 is 4.57 Å². The topological polar surface area (TPSA) is 42.3 Å². The van der Waals surface area contributed by atoms with E-state index in [-0.39, 0.29) is 0 Å². The van der Waals surface area contributed by atoms with Gasteiger partial charge in [-0.15, -0.1) is 0 Å². The summed E-state index contributed by atoms with van der Waals surface area (Å²) < 4.78 is 30.4. The summed E-state index contributed by atoms with van der Waals surface area (Å²) in [6.45, 7) is 4.89. The van der Waals surface area contributed by atoms with E-state index in [1.807, 2.05) is 31.2 Å². The summed E-state index contributed by atoms with van der Waals surface area (Å²) in [5.41, 5.74) is 7.61. The highest BCUT2D eigenvalue weighted by Gasteiger charge is 2.28. The lowest BCUT2D eigenvalue weighted by Gasteiger charge is -2.29. The Morgan fingerprint density at radius 2 is 1.67 bits per heavy atom. The van der Waals surface area contributed by atoms with E-state index in [0.29, 0.717) is 4.90 Å². The van der Waals surface area contributed by atoms with Crippen LogP contribution < -0.4 is 4.31 Å². The Morgan fingerprint density at radius 1 is 0.933 bits per heavy atom. The molecule has 2 heterocycles. The molecule has 152 valence electrons. The van der Waals surface area contributed by atoms with Gasteiger partial charge in [0.2, 0.25) is 0 Å². The van der Waals surface area contributed by atoms with Crippen LogP contribution in [-0.2, 0) is 23.0 Å². The minimum Gasteiger partial charge on any atom is -0.340 e. The third kappa shape index (κ3) is 2.76. The maximum atomic E-state index is 13.3. The summed E-state index contributed by atoms with van der Waals surface area (Å²) >= 11 is 0. The summed E-state index contributed by atoms with van der Waals surface area (Å²) in [6.07, 6.45) is 0.797. The molecule has 0 radical (unpaired) electrons. The molecule has 4 aromatic rings. The van der Waals surface area contributed by atoms with Crippen LogP contribution >= 0.6 is 0 Å². The number of sulfonamides is 1. The Bertz CT molecular complexity index is 1380. The van der Waals surface area contributed by atoms with E-state index in [1.165, 1.54) is 20.8 Å². The highest BCUT2D eigenvalue weighted by molar-refractivity contribution is 7.92. The van der Waals surface area contributed by atoms with Gasteiger partial charge in [0.05, 0.1) is 10.6 Å². The second-order valence-electron chi connectivity index (χ2n) is 8.03. The van der Waals surface area contributed by atoms with Crippen molar-refractivity contribution in [1.82, 2.24) is 4.57 Å². The first-order valence-electron chi connectivity index (χ1n) is 10.1. The molecule has 0 saturated carbocycles. The van der Waals surface area contributed by atoms with Gasteiger partial charge in [0.25, 0.3) is 10.0 Å². The highest BCUT2D eigenvalue weighted by atomic mass is 32.2. The molecule has 1 aromatic heterocycles. The first-order valence-corrected chi connectivity index (χ1v) is 11.6. The number of hydrogen-bond acceptors (Lipinski definition) is 2. The predicted octanol–water partition coefficient (Wildman–Crippen LogP) is 5.31. The van der Waals surface area contributed by atoms with Crippen LogP contribution in [0.4, 0.5) is 5.69 Å². The molecule has 5 rings (SSSR count). The number of benzene rings is 3. The van der Waals surface area contributed by atoms with Gasteiger partial charge >= 0.3 is 0 Å². The van der Waals surface area contributed by atoms with Crippen LogP contribution in [-0.4, -0.2) is 20.0 Å². The Hall–Kier alpha value is -3.05. The predicted molar refractivity (Wildman–Crippen MR) is 123 cm³/mol. The molecule has 0 N–H and O–H groups in total. The number of hydrogen-bond donors (Lipinski definition) is 0. The Balaban J connectivity index is 1.67. The van der Waals surface area contributed by atoms with E-state index in [4.69, 9.17) is 0 Å². The van der Waals surface area contributed by atoms with E-state index < -0.39 is 10.0 Å². The molecule has 4 nitrogen and oxygen atoms in total. The summed E-state index contributed by atoms with van der Waals surface area (Å²) in [5, 5.41) is 1.21. The molecule has 0 aliphatic carbocycles. The molecule has 1 aliphatic rings. The number of aromatic nitrogens is 1. The average molecular weight is 417 g/mol. The van der Waals surface area contributed by atoms with Crippen LogP contribution in [0, 0.1) is 13.8 Å². The van der Waals surface area contributed by atoms with E-state index in [2.05, 4.69) is 41.8 Å². The molecule has 5 heteroatoms. The van der Waals surface area contributed by atoms with E-state index >= 15 is 0 Å². The Labute approximate surface area is 177 Å². The minimum atomic E-state index is -3.63. The van der Waals surface area contributed by atoms with Crippen LogP contribution in [0.5, 0.6) is 0 Å². The zero-order valence-corrected chi connectivity index (χ0v) is 18.2. The second kappa shape index (κ2) is 6.74. The van der Waals surface area contributed by atoms with Crippen LogP contribution in [0.1, 0.15) is 16.7 Å². The molecule has 1 aliphatic heterocycles. The number of fused-ring (bicyclic) bond motifs is 5. The number of rotatable bonds is 3. The van der Waals surface area contributed by atoms with Crippen molar-refractivity contribution in [3.05, 3.63) is 83.4 Å². The fourth-order valence-corrected chi connectivity index (χ4v) is 5.76. The largest absolute Gasteiger partial charge is 0.340 e. The molecule has 3 aromatic carbocycles. The lowest BCUT2D eigenvalue weighted by Crippen LogP contribution is -2.28. The molecule has 0 atom stereocenters. The molecule has 0 spiro atoms. The van der Waals surface area contributed by atoms with Gasteiger partial charge in [-0.25, -0.2) is 8.42 Å². The van der Waals surface area contributed by atoms with Crippen LogP contribution in [0.3, 0.4) is 0 Å². The maximum absolute atomic E-state index is 13.3. The second-order valence-corrected chi connectivity index (χ2v) is 10.0. The molecule has 0 saturated heterocycles. The van der Waals surface area contributed by atoms with Gasteiger partial charge in [0, 0.05) is 35.8 Å². The van der Waals surface area contributed by atoms with Gasteiger partial charge in [-0.2, -0.15) is 0 Å². The van der Waals surface area contributed by atoms with Crippen LogP contribution in [0.2, 0.25) is 0 Å². The maximum Gasteiger partial charge on any atom is 0.264 e. The number of aryl methyl sites for hydroxylation is 3. The van der Waals surface area contributed by atoms with E-state index in [0.717, 1.165) is 41.0 Å². The molecule has 0 bridgehead atoms. The average Bonchev–Trinajstić information content (AvgIpc) is 3.12. The fraction of sp³-hybridized carbons (Fsp3) is 0.200. The fourth-order valence-electron chi connectivity index (χ4n) is 4.54. The van der Waals surface area contributed by atoms with Crippen molar-refractivity contribution < 1.29 is 8.42 Å². The van der Waals surface area contributed by atoms with Gasteiger partial charge in [0.15, 0.2) is 0 Å². The van der Waals surface area contributed by atoms with Crippen molar-refractivity contribution in [2.45, 2.75) is 31.7 Å². The Kier molecular flexibility index (Phi) is 4.26. The third-order valence-electron chi connectivity index (χ3n) is 6.17. The lowest BCUT2D eigenvalue weighted by molar-refractivity contribution is 0.594. The number of para-hydroxylation sites is 1. The van der Waals surface area contributed by atoms with E-state index in [1.54, 1.807) is 19.2 Å². The van der Waals surface area contributed by atoms with Crippen molar-refractivity contribution in [2.75, 3.05) is 11.4 Å². The minimum absolute atomic E-state index is 0.315. The van der Waals surface area contributed by atoms with Crippen molar-refractivity contribution in [3.8, 4) is 11.3 Å². The van der Waals surface area contributed by atoms with Crippen molar-refractivity contribution >= 4 is 26.6 Å². The van der Waals surface area contributed by atoms with Gasteiger partial charge in [0.1, 0.15) is 0 Å². The van der Waals surface area contributed by atoms with Crippen molar-refractivity contribution in [1.29, 1.82) is 0 Å². The van der Waals surface area contributed by atoms with Gasteiger partial charge in [-0.3, -0.25) is 4.31 Å². The quantitative estimate of drug-likeness (QED) is 0.454. The van der Waals surface area contributed by atoms with E-state index in [9.17, 15) is 8.42 Å². The highest BCUT2D eigenvalue weighted by Crippen LogP contribution is 2.41. The molecule has 0 fully saturated rings. The summed E-state index contributed by atoms with van der Waals surface area (Å²) in [4.78, 5) is 0.315. The molecular formula is C25H24N2O2S. The first kappa shape index (κ1) is 18.9. The zero-order chi connectivity index (χ0) is 21.0. The number of anilines is 1. The first-order chi connectivity index (χ1) is 14.4. The smallest absolute Gasteiger partial charge is 0.264 e. The third-order valence-corrected chi connectivity index (χ3v) is 7.95. The number of nitrogens with zero attached hydrogens (tertiary/aromatic N) is 2. The van der Waals surface area contributed by atoms with Crippen LogP contribution in [0.15, 0.2) is 71.6 Å². The van der Waals surface area contributed by atoms with Crippen molar-refractivity contribution in [2.24, 2.45) is 0 Å². The Morgan fingerprint density at radius 3 is 2.43 bits per heavy atom. The molecule has 30 heavy (non-hydrogen) atoms. The van der Waals surface area contributed by atoms with Gasteiger partial charge in [-0.1, -0.05) is 42.0 Å². The summed E-state index contributed by atoms with van der Waals surface area (Å²) in [5.74, 6) is 0. The SMILES string of the molecule is Cc1ccc(S(=O)(=O)N(C)c2ccc(C)c3c2CCn2c-3cc3ccccc32)cc1. The zero-order valence-electron chi connectivity index (χ0n) is 17.4. The molecule has 0 amide bonds. The molecule has 0 unspecified atom stereocenters. The molecular weight excluding hydrogens is 392 g/mol. The van der Waals surface area contributed by atoms with Crippen molar-refractivity contribution in [3.63, 3.8) is 0 Å². The lowest BCUT2D eigenvalue weighted by atomic mass is 9.92. The van der Waals surface area contributed by atoms with Gasteiger partial charge in [-0.05, 0) is 61.7 Å². The summed E-state index contributed by atoms with van der Waals surface area (Å²) in [7, 11) is -1.97.